The van der Waals surface area contributed by atoms with Crippen molar-refractivity contribution in [3.8, 4) is 0 Å². The summed E-state index contributed by atoms with van der Waals surface area (Å²) in [6, 6.07) is 10.3. The summed E-state index contributed by atoms with van der Waals surface area (Å²) in [7, 11) is 0. The number of carbonyl (C=O) groups is 2. The molecule has 0 unspecified atom stereocenters. The van der Waals surface area contributed by atoms with Crippen molar-refractivity contribution in [2.45, 2.75) is 39.2 Å². The third-order valence-electron chi connectivity index (χ3n) is 5.56. The molecule has 7 nitrogen and oxygen atoms in total. The van der Waals surface area contributed by atoms with Gasteiger partial charge in [0.1, 0.15) is 0 Å². The Balaban J connectivity index is 1.54. The van der Waals surface area contributed by atoms with Gasteiger partial charge in [-0.25, -0.2) is 9.97 Å². The van der Waals surface area contributed by atoms with Gasteiger partial charge in [-0.2, -0.15) is 0 Å². The molecule has 1 aliphatic heterocycles. The summed E-state index contributed by atoms with van der Waals surface area (Å²) in [5, 5.41) is 3.43. The van der Waals surface area contributed by atoms with Crippen LogP contribution in [0.2, 0.25) is 5.02 Å². The van der Waals surface area contributed by atoms with Crippen LogP contribution in [0.4, 0.5) is 5.69 Å². The van der Waals surface area contributed by atoms with Crippen molar-refractivity contribution < 1.29 is 9.59 Å². The van der Waals surface area contributed by atoms with E-state index in [1.807, 2.05) is 17.9 Å². The molecule has 1 N–H and O–H groups in total. The van der Waals surface area contributed by atoms with E-state index in [-0.39, 0.29) is 17.9 Å². The zero-order chi connectivity index (χ0) is 22.7. The van der Waals surface area contributed by atoms with Crippen LogP contribution in [0, 0.1) is 13.8 Å². The number of likely N-dealkylation sites (tertiary alicyclic amines) is 1. The van der Waals surface area contributed by atoms with Gasteiger partial charge < -0.3 is 10.2 Å². The number of hydrogen-bond acceptors (Lipinski definition) is 5. The molecule has 32 heavy (non-hydrogen) atoms. The molecular formula is C24H24ClN5O2. The molecule has 0 spiro atoms. The maximum absolute atomic E-state index is 13.1. The fourth-order valence-electron chi connectivity index (χ4n) is 3.80. The number of carbonyl (C=O) groups excluding carboxylic acids is 2. The summed E-state index contributed by atoms with van der Waals surface area (Å²) in [5.41, 5.74) is 3.01. The van der Waals surface area contributed by atoms with Gasteiger partial charge in [0.15, 0.2) is 5.82 Å². The Morgan fingerprint density at radius 3 is 2.50 bits per heavy atom. The van der Waals surface area contributed by atoms with E-state index in [4.69, 9.17) is 11.6 Å². The van der Waals surface area contributed by atoms with Crippen LogP contribution in [0.5, 0.6) is 0 Å². The number of nitrogens with zero attached hydrogens (tertiary/aromatic N) is 4. The number of pyridine rings is 1. The van der Waals surface area contributed by atoms with Gasteiger partial charge in [0.05, 0.1) is 22.9 Å². The second-order valence-electron chi connectivity index (χ2n) is 7.89. The standard InChI is InChI=1S/C24H24ClN5O2/c1-15-6-7-17(13-26-15)24(32)30-12-4-3-5-21(30)22-27-14-20(16(2)28-22)23(31)29-19-10-8-18(25)9-11-19/h6-11,13-14,21H,3-5,12H2,1-2H3,(H,29,31)/t21-/m1/s1. The van der Waals surface area contributed by atoms with Gasteiger partial charge in [-0.05, 0) is 69.5 Å². The minimum atomic E-state index is -0.293. The molecule has 1 aromatic carbocycles. The lowest BCUT2D eigenvalue weighted by molar-refractivity contribution is 0.0598. The minimum Gasteiger partial charge on any atom is -0.328 e. The zero-order valence-corrected chi connectivity index (χ0v) is 18.8. The molecule has 0 radical (unpaired) electrons. The molecule has 1 saturated heterocycles. The Labute approximate surface area is 191 Å². The molecular weight excluding hydrogens is 426 g/mol. The number of hydrogen-bond donors (Lipinski definition) is 1. The van der Waals surface area contributed by atoms with Crippen molar-refractivity contribution in [3.05, 3.63) is 82.2 Å². The first-order valence-corrected chi connectivity index (χ1v) is 10.9. The third-order valence-corrected chi connectivity index (χ3v) is 5.82. The zero-order valence-electron chi connectivity index (χ0n) is 18.0. The van der Waals surface area contributed by atoms with Crippen molar-refractivity contribution in [1.29, 1.82) is 0 Å². The largest absolute Gasteiger partial charge is 0.328 e. The average molecular weight is 450 g/mol. The van der Waals surface area contributed by atoms with Crippen LogP contribution in [-0.4, -0.2) is 38.2 Å². The number of piperidine rings is 1. The highest BCUT2D eigenvalue weighted by molar-refractivity contribution is 6.30. The van der Waals surface area contributed by atoms with Gasteiger partial charge in [-0.3, -0.25) is 14.6 Å². The number of aromatic nitrogens is 3. The smallest absolute Gasteiger partial charge is 0.259 e. The number of benzene rings is 1. The molecule has 1 atom stereocenters. The highest BCUT2D eigenvalue weighted by atomic mass is 35.5. The van der Waals surface area contributed by atoms with E-state index in [1.54, 1.807) is 43.5 Å². The maximum atomic E-state index is 13.1. The first kappa shape index (κ1) is 21.9. The molecule has 2 amide bonds. The van der Waals surface area contributed by atoms with Crippen molar-refractivity contribution >= 4 is 29.1 Å². The second-order valence-corrected chi connectivity index (χ2v) is 8.32. The van der Waals surface area contributed by atoms with E-state index in [9.17, 15) is 9.59 Å². The molecule has 2 aromatic heterocycles. The summed E-state index contributed by atoms with van der Waals surface area (Å²) < 4.78 is 0. The monoisotopic (exact) mass is 449 g/mol. The fourth-order valence-corrected chi connectivity index (χ4v) is 3.93. The van der Waals surface area contributed by atoms with Crippen molar-refractivity contribution in [3.63, 3.8) is 0 Å². The maximum Gasteiger partial charge on any atom is 0.259 e. The predicted octanol–water partition coefficient (Wildman–Crippen LogP) is 4.76. The molecule has 8 heteroatoms. The van der Waals surface area contributed by atoms with Gasteiger partial charge in [0.2, 0.25) is 0 Å². The molecule has 0 bridgehead atoms. The van der Waals surface area contributed by atoms with Crippen LogP contribution in [0.15, 0.2) is 48.8 Å². The first-order chi connectivity index (χ1) is 15.4. The lowest BCUT2D eigenvalue weighted by atomic mass is 10.00. The molecule has 1 fully saturated rings. The average Bonchev–Trinajstić information content (AvgIpc) is 2.80. The highest BCUT2D eigenvalue weighted by Gasteiger charge is 2.31. The first-order valence-electron chi connectivity index (χ1n) is 10.6. The van der Waals surface area contributed by atoms with Crippen molar-refractivity contribution in [2.75, 3.05) is 11.9 Å². The normalized spacial score (nSPS) is 16.0. The molecule has 4 rings (SSSR count). The van der Waals surface area contributed by atoms with Gasteiger partial charge in [0.25, 0.3) is 11.8 Å². The highest BCUT2D eigenvalue weighted by Crippen LogP contribution is 2.30. The van der Waals surface area contributed by atoms with E-state index in [0.717, 1.165) is 25.0 Å². The second kappa shape index (κ2) is 9.44. The number of aryl methyl sites for hydroxylation is 2. The summed E-state index contributed by atoms with van der Waals surface area (Å²) in [6.07, 6.45) is 5.85. The van der Waals surface area contributed by atoms with Gasteiger partial charge in [0, 0.05) is 35.3 Å². The SMILES string of the molecule is Cc1ccc(C(=O)N2CCCC[C@@H]2c2ncc(C(=O)Nc3ccc(Cl)cc3)c(C)n2)cn1. The third kappa shape index (κ3) is 4.78. The number of halogens is 1. The molecule has 164 valence electrons. The Kier molecular flexibility index (Phi) is 6.46. The van der Waals surface area contributed by atoms with Gasteiger partial charge >= 0.3 is 0 Å². The van der Waals surface area contributed by atoms with E-state index >= 15 is 0 Å². The Morgan fingerprint density at radius 2 is 1.81 bits per heavy atom. The Hall–Kier alpha value is -3.32. The van der Waals surface area contributed by atoms with Crippen LogP contribution in [0.25, 0.3) is 0 Å². The van der Waals surface area contributed by atoms with Crippen LogP contribution in [0.3, 0.4) is 0 Å². The van der Waals surface area contributed by atoms with Gasteiger partial charge in [-0.1, -0.05) is 11.6 Å². The van der Waals surface area contributed by atoms with E-state index in [1.165, 1.54) is 6.20 Å². The summed E-state index contributed by atoms with van der Waals surface area (Å²) >= 11 is 5.90. The summed E-state index contributed by atoms with van der Waals surface area (Å²) in [6.45, 7) is 4.30. The molecule has 0 saturated carbocycles. The fraction of sp³-hybridized carbons (Fsp3) is 0.292. The molecule has 3 heterocycles. The summed E-state index contributed by atoms with van der Waals surface area (Å²) in [4.78, 5) is 41.0. The topological polar surface area (TPSA) is 88.1 Å². The number of nitrogens with one attached hydrogen (secondary N) is 1. The molecule has 0 aliphatic carbocycles. The number of amides is 2. The summed E-state index contributed by atoms with van der Waals surface area (Å²) in [5.74, 6) is 0.186. The minimum absolute atomic E-state index is 0.0759. The van der Waals surface area contributed by atoms with Crippen molar-refractivity contribution in [2.24, 2.45) is 0 Å². The van der Waals surface area contributed by atoms with Gasteiger partial charge in [-0.15, -0.1) is 0 Å². The number of rotatable bonds is 4. The predicted molar refractivity (Wildman–Crippen MR) is 123 cm³/mol. The Morgan fingerprint density at radius 1 is 1.03 bits per heavy atom. The molecule has 3 aromatic rings. The van der Waals surface area contributed by atoms with Crippen LogP contribution in [-0.2, 0) is 0 Å². The van der Waals surface area contributed by atoms with Crippen molar-refractivity contribution in [1.82, 2.24) is 19.9 Å². The lowest BCUT2D eigenvalue weighted by Gasteiger charge is -2.35. The van der Waals surface area contributed by atoms with E-state index in [2.05, 4.69) is 20.3 Å². The van der Waals surface area contributed by atoms with Crippen LogP contribution >= 0.6 is 11.6 Å². The lowest BCUT2D eigenvalue weighted by Crippen LogP contribution is -2.39. The van der Waals surface area contributed by atoms with Crippen LogP contribution in [0.1, 0.15) is 63.2 Å². The quantitative estimate of drug-likeness (QED) is 0.620. The Bertz CT molecular complexity index is 1130. The van der Waals surface area contributed by atoms with E-state index < -0.39 is 0 Å². The molecule has 1 aliphatic rings. The van der Waals surface area contributed by atoms with Crippen LogP contribution < -0.4 is 5.32 Å². The number of anilines is 1. The van der Waals surface area contributed by atoms with E-state index in [0.29, 0.717) is 39.9 Å².